The molecule has 0 aromatic carbocycles. The number of aliphatic hydroxyl groups excluding tert-OH is 3. The van der Waals surface area contributed by atoms with E-state index in [1.54, 1.807) is 0 Å². The van der Waals surface area contributed by atoms with Crippen LogP contribution in [0.25, 0.3) is 0 Å². The molecular weight excluding hydrogens is 203 g/mol. The summed E-state index contributed by atoms with van der Waals surface area (Å²) in [5, 5.41) is 26.5. The SMILES string of the molecule is CC(=O)C(O)C(O)C(O)P(=O)(O)O. The molecule has 5 N–H and O–H groups in total. The first-order chi connectivity index (χ1) is 5.68. The molecule has 0 spiro atoms. The molecule has 8 heteroatoms. The normalized spacial score (nSPS) is 19.2. The van der Waals surface area contributed by atoms with Gasteiger partial charge in [-0.15, -0.1) is 0 Å². The highest BCUT2D eigenvalue weighted by Gasteiger charge is 2.38. The number of Topliss-reactive ketones (excluding diaryl/α,β-unsaturated/α-hetero) is 1. The lowest BCUT2D eigenvalue weighted by atomic mass is 10.1. The molecule has 0 bridgehead atoms. The summed E-state index contributed by atoms with van der Waals surface area (Å²) >= 11 is 0. The molecule has 7 nitrogen and oxygen atoms in total. The molecule has 0 fully saturated rings. The van der Waals surface area contributed by atoms with E-state index in [1.807, 2.05) is 0 Å². The molecule has 0 aromatic heterocycles. The highest BCUT2D eigenvalue weighted by Crippen LogP contribution is 2.41. The van der Waals surface area contributed by atoms with Crippen LogP contribution in [-0.4, -0.2) is 48.9 Å². The molecule has 0 aliphatic heterocycles. The van der Waals surface area contributed by atoms with Crippen LogP contribution in [0.1, 0.15) is 6.92 Å². The maximum Gasteiger partial charge on any atom is 0.356 e. The number of rotatable bonds is 4. The van der Waals surface area contributed by atoms with Gasteiger partial charge >= 0.3 is 7.60 Å². The Labute approximate surface area is 73.8 Å². The van der Waals surface area contributed by atoms with Gasteiger partial charge in [0.25, 0.3) is 0 Å². The first-order valence-corrected chi connectivity index (χ1v) is 4.96. The van der Waals surface area contributed by atoms with Gasteiger partial charge in [0.15, 0.2) is 11.6 Å². The van der Waals surface area contributed by atoms with Crippen molar-refractivity contribution in [2.24, 2.45) is 0 Å². The summed E-state index contributed by atoms with van der Waals surface area (Å²) in [5.41, 5.74) is 0. The molecule has 0 radical (unpaired) electrons. The number of hydrogen-bond acceptors (Lipinski definition) is 5. The average Bonchev–Trinajstić information content (AvgIpc) is 1.98. The lowest BCUT2D eigenvalue weighted by Gasteiger charge is -2.21. The lowest BCUT2D eigenvalue weighted by molar-refractivity contribution is -0.133. The van der Waals surface area contributed by atoms with E-state index >= 15 is 0 Å². The molecule has 0 heterocycles. The maximum absolute atomic E-state index is 10.4. The fourth-order valence-corrected chi connectivity index (χ4v) is 1.16. The Morgan fingerprint density at radius 2 is 1.62 bits per heavy atom. The highest BCUT2D eigenvalue weighted by atomic mass is 31.2. The fraction of sp³-hybridized carbons (Fsp3) is 0.800. The average molecular weight is 214 g/mol. The number of carbonyl (C=O) groups is 1. The molecule has 0 aromatic rings. The van der Waals surface area contributed by atoms with Crippen molar-refractivity contribution in [2.45, 2.75) is 25.0 Å². The summed E-state index contributed by atoms with van der Waals surface area (Å²) in [4.78, 5) is 27.2. The number of aliphatic hydroxyl groups is 3. The second-order valence-electron chi connectivity index (χ2n) is 2.55. The van der Waals surface area contributed by atoms with E-state index in [1.165, 1.54) is 0 Å². The molecule has 0 aliphatic rings. The molecule has 0 saturated carbocycles. The van der Waals surface area contributed by atoms with Crippen LogP contribution in [0.5, 0.6) is 0 Å². The van der Waals surface area contributed by atoms with Crippen molar-refractivity contribution in [3.63, 3.8) is 0 Å². The van der Waals surface area contributed by atoms with Gasteiger partial charge in [-0.05, 0) is 6.92 Å². The van der Waals surface area contributed by atoms with Crippen LogP contribution >= 0.6 is 7.60 Å². The Hall–Kier alpha value is -0.300. The summed E-state index contributed by atoms with van der Waals surface area (Å²) in [7, 11) is -4.91. The van der Waals surface area contributed by atoms with Crippen molar-refractivity contribution < 1.29 is 34.5 Å². The van der Waals surface area contributed by atoms with Gasteiger partial charge in [-0.3, -0.25) is 9.36 Å². The van der Waals surface area contributed by atoms with Crippen LogP contribution < -0.4 is 0 Å². The van der Waals surface area contributed by atoms with E-state index in [4.69, 9.17) is 25.1 Å². The van der Waals surface area contributed by atoms with Gasteiger partial charge < -0.3 is 25.1 Å². The predicted molar refractivity (Wildman–Crippen MR) is 40.7 cm³/mol. The predicted octanol–water partition coefficient (Wildman–Crippen LogP) is -2.21. The van der Waals surface area contributed by atoms with Crippen molar-refractivity contribution in [1.82, 2.24) is 0 Å². The van der Waals surface area contributed by atoms with Crippen molar-refractivity contribution in [2.75, 3.05) is 0 Å². The highest BCUT2D eigenvalue weighted by molar-refractivity contribution is 7.52. The van der Waals surface area contributed by atoms with Gasteiger partial charge in [0.1, 0.15) is 12.2 Å². The minimum Gasteiger partial charge on any atom is -0.387 e. The van der Waals surface area contributed by atoms with Gasteiger partial charge in [-0.25, -0.2) is 0 Å². The first-order valence-electron chi connectivity index (χ1n) is 3.27. The smallest absolute Gasteiger partial charge is 0.356 e. The largest absolute Gasteiger partial charge is 0.387 e. The van der Waals surface area contributed by atoms with Crippen LogP contribution in [0.4, 0.5) is 0 Å². The molecule has 3 atom stereocenters. The minimum absolute atomic E-state index is 0.889. The van der Waals surface area contributed by atoms with Crippen molar-refractivity contribution >= 4 is 13.4 Å². The van der Waals surface area contributed by atoms with Gasteiger partial charge in [0, 0.05) is 0 Å². The Morgan fingerprint density at radius 1 is 1.23 bits per heavy atom. The van der Waals surface area contributed by atoms with Crippen molar-refractivity contribution in [3.8, 4) is 0 Å². The molecule has 0 rings (SSSR count). The monoisotopic (exact) mass is 214 g/mol. The maximum atomic E-state index is 10.4. The summed E-state index contributed by atoms with van der Waals surface area (Å²) in [6.45, 7) is 0.917. The number of hydrogen-bond donors (Lipinski definition) is 5. The van der Waals surface area contributed by atoms with Crippen LogP contribution in [0, 0.1) is 0 Å². The van der Waals surface area contributed by atoms with E-state index in [2.05, 4.69) is 0 Å². The van der Waals surface area contributed by atoms with E-state index in [-0.39, 0.29) is 0 Å². The summed E-state index contributed by atoms with van der Waals surface area (Å²) in [6.07, 6.45) is -4.18. The molecule has 0 saturated heterocycles. The van der Waals surface area contributed by atoms with E-state index in [0.717, 1.165) is 6.92 Å². The van der Waals surface area contributed by atoms with E-state index < -0.39 is 31.4 Å². The Kier molecular flexibility index (Phi) is 4.18. The number of ketones is 1. The molecular formula is C5H11O7P. The molecule has 0 amide bonds. The molecule has 78 valence electrons. The summed E-state index contributed by atoms with van der Waals surface area (Å²) < 4.78 is 10.4. The zero-order valence-corrected chi connectivity index (χ0v) is 7.63. The Bertz CT molecular complexity index is 233. The van der Waals surface area contributed by atoms with Crippen LogP contribution in [0.15, 0.2) is 0 Å². The van der Waals surface area contributed by atoms with Crippen LogP contribution in [0.2, 0.25) is 0 Å². The van der Waals surface area contributed by atoms with Gasteiger partial charge in [-0.2, -0.15) is 0 Å². The quantitative estimate of drug-likeness (QED) is 0.335. The Balaban J connectivity index is 4.52. The molecule has 13 heavy (non-hydrogen) atoms. The molecule has 3 unspecified atom stereocenters. The molecule has 0 aliphatic carbocycles. The van der Waals surface area contributed by atoms with E-state index in [0.29, 0.717) is 0 Å². The second-order valence-corrected chi connectivity index (χ2v) is 4.26. The van der Waals surface area contributed by atoms with Crippen LogP contribution in [-0.2, 0) is 9.36 Å². The van der Waals surface area contributed by atoms with Gasteiger partial charge in [0.2, 0.25) is 0 Å². The second kappa shape index (κ2) is 4.28. The zero-order valence-electron chi connectivity index (χ0n) is 6.73. The van der Waals surface area contributed by atoms with Crippen molar-refractivity contribution in [1.29, 1.82) is 0 Å². The third-order valence-electron chi connectivity index (χ3n) is 1.39. The minimum atomic E-state index is -4.91. The summed E-state index contributed by atoms with van der Waals surface area (Å²) in [5.74, 6) is -3.34. The van der Waals surface area contributed by atoms with Crippen molar-refractivity contribution in [3.05, 3.63) is 0 Å². The lowest BCUT2D eigenvalue weighted by Crippen LogP contribution is -2.41. The van der Waals surface area contributed by atoms with Gasteiger partial charge in [0.05, 0.1) is 0 Å². The van der Waals surface area contributed by atoms with Crippen LogP contribution in [0.3, 0.4) is 0 Å². The third kappa shape index (κ3) is 3.51. The summed E-state index contributed by atoms with van der Waals surface area (Å²) in [6, 6.07) is 0. The first kappa shape index (κ1) is 12.7. The standard InChI is InChI=1S/C5H11O7P/c1-2(6)3(7)4(8)5(9)13(10,11)12/h3-5,7-9H,1H3,(H2,10,11,12). The Morgan fingerprint density at radius 3 is 1.85 bits per heavy atom. The third-order valence-corrected chi connectivity index (χ3v) is 2.38. The fourth-order valence-electron chi connectivity index (χ4n) is 0.602. The number of carbonyl (C=O) groups excluding carboxylic acids is 1. The van der Waals surface area contributed by atoms with Gasteiger partial charge in [-0.1, -0.05) is 0 Å². The zero-order chi connectivity index (χ0) is 10.8. The topological polar surface area (TPSA) is 135 Å². The van der Waals surface area contributed by atoms with E-state index in [9.17, 15) is 9.36 Å².